The molecule has 7 heteroatoms. The smallest absolute Gasteiger partial charge is 1.00 e. The van der Waals surface area contributed by atoms with Crippen LogP contribution in [0.5, 0.6) is 17.2 Å². The average molecular weight is 302 g/mol. The number of benzene rings is 1. The van der Waals surface area contributed by atoms with Gasteiger partial charge in [-0.3, -0.25) is 0 Å². The molecule has 0 aliphatic rings. The van der Waals surface area contributed by atoms with Crippen molar-refractivity contribution in [3.05, 3.63) is 17.7 Å². The Bertz CT molecular complexity index is 332. The van der Waals surface area contributed by atoms with E-state index in [9.17, 15) is 4.79 Å². The minimum Gasteiger partial charge on any atom is -1.00 e. The van der Waals surface area contributed by atoms with Crippen molar-refractivity contribution < 1.29 is 30.9 Å². The number of carboxylic acid groups (broad SMARTS) is 1. The SMILES string of the molecule is O=C(O)c1cc(O)c(O)c(O)c1.[Ca+2].[H-].[H-].[H-].[H-].[Sr+2]. The number of aromatic carboxylic acids is 1. The maximum atomic E-state index is 10.3. The Morgan fingerprint density at radius 1 is 1.14 bits per heavy atom. The van der Waals surface area contributed by atoms with Gasteiger partial charge in [0, 0.05) is 0 Å². The van der Waals surface area contributed by atoms with Crippen molar-refractivity contribution in [2.75, 3.05) is 0 Å². The zero-order valence-electron chi connectivity index (χ0n) is 11.3. The first-order chi connectivity index (χ1) is 5.52. The summed E-state index contributed by atoms with van der Waals surface area (Å²) in [5, 5.41) is 35.0. The van der Waals surface area contributed by atoms with E-state index in [1.807, 2.05) is 0 Å². The van der Waals surface area contributed by atoms with Crippen LogP contribution in [0.3, 0.4) is 0 Å². The monoisotopic (exact) mass is 302 g/mol. The van der Waals surface area contributed by atoms with Crippen molar-refractivity contribution in [3.8, 4) is 17.2 Å². The van der Waals surface area contributed by atoms with Gasteiger partial charge in [0.15, 0.2) is 17.2 Å². The molecule has 0 aliphatic heterocycles. The molecule has 0 spiro atoms. The molecule has 0 atom stereocenters. The van der Waals surface area contributed by atoms with E-state index in [0.29, 0.717) is 0 Å². The van der Waals surface area contributed by atoms with Crippen molar-refractivity contribution in [2.24, 2.45) is 0 Å². The van der Waals surface area contributed by atoms with E-state index in [4.69, 9.17) is 20.4 Å². The second-order valence-corrected chi connectivity index (χ2v) is 2.17. The predicted octanol–water partition coefficient (Wildman–Crippen LogP) is 0.190. The van der Waals surface area contributed by atoms with Gasteiger partial charge in [-0.15, -0.1) is 0 Å². The van der Waals surface area contributed by atoms with Crippen molar-refractivity contribution >= 4 is 89.2 Å². The summed E-state index contributed by atoms with van der Waals surface area (Å²) in [6, 6.07) is 1.69. The zero-order chi connectivity index (χ0) is 9.30. The maximum absolute atomic E-state index is 10.3. The third kappa shape index (κ3) is 4.14. The Balaban J connectivity index is -0.0000000600. The van der Waals surface area contributed by atoms with Crippen LogP contribution in [0.25, 0.3) is 0 Å². The van der Waals surface area contributed by atoms with Gasteiger partial charge in [0.2, 0.25) is 0 Å². The first-order valence-electron chi connectivity index (χ1n) is 3.00. The quantitative estimate of drug-likeness (QED) is 0.438. The number of hydrogen-bond donors (Lipinski definition) is 4. The molecular formula is C7H10CaO5Sr. The van der Waals surface area contributed by atoms with E-state index in [1.165, 1.54) is 0 Å². The van der Waals surface area contributed by atoms with Gasteiger partial charge in [-0.1, -0.05) is 0 Å². The van der Waals surface area contributed by atoms with Crippen LogP contribution in [0.4, 0.5) is 0 Å². The summed E-state index contributed by atoms with van der Waals surface area (Å²) in [6.07, 6.45) is 0. The largest absolute Gasteiger partial charge is 2.00 e. The van der Waals surface area contributed by atoms with Crippen LogP contribution in [0.2, 0.25) is 0 Å². The molecule has 0 amide bonds. The molecule has 0 saturated heterocycles. The number of phenolic OH excluding ortho intramolecular Hbond substituents is 3. The van der Waals surface area contributed by atoms with E-state index in [1.54, 1.807) is 0 Å². The van der Waals surface area contributed by atoms with Gasteiger partial charge in [-0.2, -0.15) is 0 Å². The van der Waals surface area contributed by atoms with Gasteiger partial charge in [-0.25, -0.2) is 4.79 Å². The number of phenols is 3. The molecule has 0 heterocycles. The van der Waals surface area contributed by atoms with Crippen LogP contribution < -0.4 is 0 Å². The van der Waals surface area contributed by atoms with E-state index in [0.717, 1.165) is 12.1 Å². The van der Waals surface area contributed by atoms with Crippen LogP contribution in [-0.4, -0.2) is 110 Å². The van der Waals surface area contributed by atoms with Crippen LogP contribution in [0.15, 0.2) is 12.1 Å². The Kier molecular flexibility index (Phi) is 8.81. The number of hydrogen-bond acceptors (Lipinski definition) is 4. The molecule has 5 nitrogen and oxygen atoms in total. The van der Waals surface area contributed by atoms with Crippen LogP contribution >= 0.6 is 0 Å². The second-order valence-electron chi connectivity index (χ2n) is 2.17. The fourth-order valence-electron chi connectivity index (χ4n) is 0.728. The molecule has 0 bridgehead atoms. The Morgan fingerprint density at radius 3 is 1.79 bits per heavy atom. The average Bonchev–Trinajstić information content (AvgIpc) is 1.99. The zero-order valence-corrected chi connectivity index (χ0v) is 13.0. The molecule has 0 aromatic heterocycles. The third-order valence-corrected chi connectivity index (χ3v) is 1.32. The minimum absolute atomic E-state index is 0. The Morgan fingerprint density at radius 2 is 1.50 bits per heavy atom. The number of rotatable bonds is 1. The molecular weight excluding hydrogens is 292 g/mol. The van der Waals surface area contributed by atoms with Crippen LogP contribution in [0.1, 0.15) is 16.1 Å². The summed E-state index contributed by atoms with van der Waals surface area (Å²) in [5.41, 5.74) is -0.289. The minimum atomic E-state index is -1.29. The molecule has 0 aliphatic carbocycles. The van der Waals surface area contributed by atoms with Gasteiger partial charge < -0.3 is 26.1 Å². The molecule has 0 saturated carbocycles. The third-order valence-electron chi connectivity index (χ3n) is 1.32. The molecule has 0 unspecified atom stereocenters. The van der Waals surface area contributed by atoms with Gasteiger partial charge in [0.05, 0.1) is 5.56 Å². The predicted molar refractivity (Wildman–Crippen MR) is 54.4 cm³/mol. The van der Waals surface area contributed by atoms with Crippen LogP contribution in [-0.2, 0) is 0 Å². The molecule has 1 aromatic rings. The fourth-order valence-corrected chi connectivity index (χ4v) is 0.728. The topological polar surface area (TPSA) is 98.0 Å². The molecule has 0 radical (unpaired) electrons. The molecule has 0 fully saturated rings. The second kappa shape index (κ2) is 7.16. The summed E-state index contributed by atoms with van der Waals surface area (Å²) in [6.45, 7) is 0. The number of carbonyl (C=O) groups is 1. The Hall–Kier alpha value is 0.830. The summed E-state index contributed by atoms with van der Waals surface area (Å²) in [5.74, 6) is -3.33. The molecule has 14 heavy (non-hydrogen) atoms. The fraction of sp³-hybridized carbons (Fsp3) is 0. The summed E-state index contributed by atoms with van der Waals surface area (Å²) < 4.78 is 0. The maximum Gasteiger partial charge on any atom is 2.00 e. The number of aromatic hydroxyl groups is 3. The first-order valence-corrected chi connectivity index (χ1v) is 3.00. The van der Waals surface area contributed by atoms with Gasteiger partial charge in [-0.05, 0) is 12.1 Å². The summed E-state index contributed by atoms with van der Waals surface area (Å²) in [4.78, 5) is 10.3. The van der Waals surface area contributed by atoms with Crippen molar-refractivity contribution in [1.82, 2.24) is 0 Å². The molecule has 4 N–H and O–H groups in total. The Labute approximate surface area is 153 Å². The van der Waals surface area contributed by atoms with Gasteiger partial charge >= 0.3 is 89.2 Å². The van der Waals surface area contributed by atoms with E-state index >= 15 is 0 Å². The van der Waals surface area contributed by atoms with Gasteiger partial charge in [0.1, 0.15) is 0 Å². The standard InChI is InChI=1S/C7H6O5.Ca.Sr.4H/c8-4-1-3(7(11)12)2-5(9)6(4)10;;;;;;/h1-2,8-10H,(H,11,12);;;;;;/q;2*+2;4*-1. The summed E-state index contributed by atoms with van der Waals surface area (Å²) in [7, 11) is 0. The first kappa shape index (κ1) is 17.2. The van der Waals surface area contributed by atoms with Crippen molar-refractivity contribution in [1.29, 1.82) is 0 Å². The number of carboxylic acids is 1. The molecule has 1 rings (SSSR count). The van der Waals surface area contributed by atoms with Crippen molar-refractivity contribution in [2.45, 2.75) is 0 Å². The summed E-state index contributed by atoms with van der Waals surface area (Å²) >= 11 is 0. The van der Waals surface area contributed by atoms with E-state index in [2.05, 4.69) is 0 Å². The molecule has 72 valence electrons. The van der Waals surface area contributed by atoms with E-state index in [-0.39, 0.29) is 94.5 Å². The van der Waals surface area contributed by atoms with Crippen LogP contribution in [0, 0.1) is 0 Å². The van der Waals surface area contributed by atoms with E-state index < -0.39 is 23.2 Å². The van der Waals surface area contributed by atoms with Crippen molar-refractivity contribution in [3.63, 3.8) is 0 Å². The normalized spacial score (nSPS) is 8.29. The molecule has 1 aromatic carbocycles. The van der Waals surface area contributed by atoms with Gasteiger partial charge in [0.25, 0.3) is 0 Å².